The van der Waals surface area contributed by atoms with Crippen LogP contribution in [0.3, 0.4) is 0 Å². The number of nitrogens with one attached hydrogen (secondary N) is 1. The first-order valence-corrected chi connectivity index (χ1v) is 7.09. The Balaban J connectivity index is 2.52. The van der Waals surface area contributed by atoms with Gasteiger partial charge in [0.25, 0.3) is 5.91 Å². The third-order valence-electron chi connectivity index (χ3n) is 2.20. The van der Waals surface area contributed by atoms with Crippen LogP contribution in [0.1, 0.15) is 17.3 Å². The van der Waals surface area contributed by atoms with Crippen molar-refractivity contribution in [2.45, 2.75) is 6.92 Å². The molecule has 1 amide bonds. The van der Waals surface area contributed by atoms with Crippen molar-refractivity contribution in [2.75, 3.05) is 23.8 Å². The van der Waals surface area contributed by atoms with Crippen LogP contribution in [0.25, 0.3) is 0 Å². The molecule has 1 atom stereocenters. The number of amides is 1. The molecule has 4 nitrogen and oxygen atoms in total. The van der Waals surface area contributed by atoms with Crippen LogP contribution >= 0.6 is 11.6 Å². The van der Waals surface area contributed by atoms with Gasteiger partial charge in [0.2, 0.25) is 0 Å². The molecule has 0 aliphatic rings. The number of anilines is 1. The molecule has 94 valence electrons. The van der Waals surface area contributed by atoms with Gasteiger partial charge in [-0.15, -0.1) is 0 Å². The van der Waals surface area contributed by atoms with Gasteiger partial charge in [-0.1, -0.05) is 18.5 Å². The molecule has 0 saturated heterocycles. The van der Waals surface area contributed by atoms with Crippen molar-refractivity contribution in [3.8, 4) is 0 Å². The second-order valence-corrected chi connectivity index (χ2v) is 5.70. The number of carbonyl (C=O) groups excluding carboxylic acids is 1. The quantitative estimate of drug-likeness (QED) is 0.798. The average Bonchev–Trinajstić information content (AvgIpc) is 2.32. The van der Waals surface area contributed by atoms with Crippen LogP contribution in [0.5, 0.6) is 0 Å². The van der Waals surface area contributed by atoms with Crippen molar-refractivity contribution >= 4 is 34.0 Å². The fraction of sp³-hybridized carbons (Fsp3) is 0.364. The molecule has 0 fully saturated rings. The van der Waals surface area contributed by atoms with Crippen LogP contribution in [-0.2, 0) is 10.8 Å². The van der Waals surface area contributed by atoms with Gasteiger partial charge in [-0.25, -0.2) is 0 Å². The van der Waals surface area contributed by atoms with E-state index in [2.05, 4.69) is 5.32 Å². The molecule has 17 heavy (non-hydrogen) atoms. The van der Waals surface area contributed by atoms with E-state index < -0.39 is 10.8 Å². The SMILES string of the molecule is CCS(=O)CCNC(=O)c1ccc(Cl)c(N)c1. The molecular weight excluding hydrogens is 260 g/mol. The third-order valence-corrected chi connectivity index (χ3v) is 3.84. The maximum Gasteiger partial charge on any atom is 0.251 e. The topological polar surface area (TPSA) is 72.2 Å². The Morgan fingerprint density at radius 1 is 1.53 bits per heavy atom. The Morgan fingerprint density at radius 3 is 2.82 bits per heavy atom. The van der Waals surface area contributed by atoms with E-state index in [4.69, 9.17) is 17.3 Å². The first-order valence-electron chi connectivity index (χ1n) is 5.22. The van der Waals surface area contributed by atoms with Gasteiger partial charge < -0.3 is 11.1 Å². The average molecular weight is 275 g/mol. The molecule has 0 radical (unpaired) electrons. The number of hydrogen-bond acceptors (Lipinski definition) is 3. The molecule has 0 aromatic heterocycles. The minimum absolute atomic E-state index is 0.235. The molecule has 3 N–H and O–H groups in total. The van der Waals surface area contributed by atoms with Gasteiger partial charge in [0.1, 0.15) is 0 Å². The first kappa shape index (κ1) is 14.0. The Bertz CT molecular complexity index is 437. The number of benzene rings is 1. The molecular formula is C11H15ClN2O2S. The van der Waals surface area contributed by atoms with E-state index >= 15 is 0 Å². The monoisotopic (exact) mass is 274 g/mol. The lowest BCUT2D eigenvalue weighted by atomic mass is 10.2. The van der Waals surface area contributed by atoms with Crippen LogP contribution in [0.2, 0.25) is 5.02 Å². The molecule has 1 aromatic carbocycles. The predicted molar refractivity (Wildman–Crippen MR) is 71.7 cm³/mol. The molecule has 0 bridgehead atoms. The van der Waals surface area contributed by atoms with Gasteiger partial charge in [-0.2, -0.15) is 0 Å². The van der Waals surface area contributed by atoms with Crippen molar-refractivity contribution in [1.29, 1.82) is 0 Å². The number of carbonyl (C=O) groups is 1. The second-order valence-electron chi connectivity index (χ2n) is 3.42. The fourth-order valence-electron chi connectivity index (χ4n) is 1.21. The van der Waals surface area contributed by atoms with Crippen molar-refractivity contribution in [2.24, 2.45) is 0 Å². The highest BCUT2D eigenvalue weighted by molar-refractivity contribution is 7.84. The highest BCUT2D eigenvalue weighted by Gasteiger charge is 2.07. The van der Waals surface area contributed by atoms with Crippen molar-refractivity contribution < 1.29 is 9.00 Å². The summed E-state index contributed by atoms with van der Waals surface area (Å²) in [6.45, 7) is 2.24. The minimum Gasteiger partial charge on any atom is -0.398 e. The number of nitrogen functional groups attached to an aromatic ring is 1. The number of halogens is 1. The number of hydrogen-bond donors (Lipinski definition) is 2. The summed E-state index contributed by atoms with van der Waals surface area (Å²) < 4.78 is 11.2. The maximum atomic E-state index is 11.7. The summed E-state index contributed by atoms with van der Waals surface area (Å²) in [7, 11) is -0.868. The Morgan fingerprint density at radius 2 is 2.24 bits per heavy atom. The van der Waals surface area contributed by atoms with E-state index in [-0.39, 0.29) is 5.91 Å². The van der Waals surface area contributed by atoms with Crippen molar-refractivity contribution in [3.05, 3.63) is 28.8 Å². The van der Waals surface area contributed by atoms with E-state index in [1.807, 2.05) is 6.92 Å². The summed E-state index contributed by atoms with van der Waals surface area (Å²) >= 11 is 5.75. The van der Waals surface area contributed by atoms with E-state index in [9.17, 15) is 9.00 Å². The van der Waals surface area contributed by atoms with Crippen LogP contribution in [0, 0.1) is 0 Å². The van der Waals surface area contributed by atoms with Crippen molar-refractivity contribution in [1.82, 2.24) is 5.32 Å². The summed E-state index contributed by atoms with van der Waals surface area (Å²) in [6.07, 6.45) is 0. The minimum atomic E-state index is -0.868. The first-order chi connectivity index (χ1) is 8.04. The summed E-state index contributed by atoms with van der Waals surface area (Å²) in [5.74, 6) is 0.830. The van der Waals surface area contributed by atoms with Crippen LogP contribution in [-0.4, -0.2) is 28.2 Å². The Hall–Kier alpha value is -1.07. The van der Waals surface area contributed by atoms with Crippen LogP contribution < -0.4 is 11.1 Å². The largest absolute Gasteiger partial charge is 0.398 e. The second kappa shape index (κ2) is 6.61. The van der Waals surface area contributed by atoms with Gasteiger partial charge in [0, 0.05) is 34.4 Å². The van der Waals surface area contributed by atoms with E-state index in [0.29, 0.717) is 34.3 Å². The Labute approximate surface area is 108 Å². The molecule has 0 saturated carbocycles. The smallest absolute Gasteiger partial charge is 0.251 e. The Kier molecular flexibility index (Phi) is 5.44. The van der Waals surface area contributed by atoms with E-state index in [1.54, 1.807) is 12.1 Å². The standard InChI is InChI=1S/C11H15ClN2O2S/c1-2-17(16)6-5-14-11(15)8-3-4-9(12)10(13)7-8/h3-4,7H,2,5-6,13H2,1H3,(H,14,15). The lowest BCUT2D eigenvalue weighted by molar-refractivity contribution is 0.0956. The zero-order valence-electron chi connectivity index (χ0n) is 9.53. The predicted octanol–water partition coefficient (Wildman–Crippen LogP) is 1.42. The molecule has 6 heteroatoms. The maximum absolute atomic E-state index is 11.7. The molecule has 1 unspecified atom stereocenters. The third kappa shape index (κ3) is 4.36. The highest BCUT2D eigenvalue weighted by Crippen LogP contribution is 2.19. The van der Waals surface area contributed by atoms with Gasteiger partial charge >= 0.3 is 0 Å². The van der Waals surface area contributed by atoms with Crippen molar-refractivity contribution in [3.63, 3.8) is 0 Å². The zero-order valence-corrected chi connectivity index (χ0v) is 11.1. The van der Waals surface area contributed by atoms with E-state index in [0.717, 1.165) is 0 Å². The fourth-order valence-corrected chi connectivity index (χ4v) is 1.95. The molecule has 0 spiro atoms. The summed E-state index contributed by atoms with van der Waals surface area (Å²) in [5, 5.41) is 3.10. The molecule has 0 heterocycles. The van der Waals surface area contributed by atoms with Crippen LogP contribution in [0.4, 0.5) is 5.69 Å². The zero-order chi connectivity index (χ0) is 12.8. The van der Waals surface area contributed by atoms with Crippen LogP contribution in [0.15, 0.2) is 18.2 Å². The number of rotatable bonds is 5. The summed E-state index contributed by atoms with van der Waals surface area (Å²) in [5.41, 5.74) is 6.42. The normalized spacial score (nSPS) is 12.1. The summed E-state index contributed by atoms with van der Waals surface area (Å²) in [4.78, 5) is 11.7. The highest BCUT2D eigenvalue weighted by atomic mass is 35.5. The lowest BCUT2D eigenvalue weighted by Gasteiger charge is -2.06. The lowest BCUT2D eigenvalue weighted by Crippen LogP contribution is -2.28. The van der Waals surface area contributed by atoms with Gasteiger partial charge in [-0.05, 0) is 18.2 Å². The molecule has 0 aliphatic heterocycles. The van der Waals surface area contributed by atoms with E-state index in [1.165, 1.54) is 6.07 Å². The molecule has 1 rings (SSSR count). The van der Waals surface area contributed by atoms with Gasteiger partial charge in [0.05, 0.1) is 10.7 Å². The number of nitrogens with two attached hydrogens (primary N) is 1. The van der Waals surface area contributed by atoms with Gasteiger partial charge in [0.15, 0.2) is 0 Å². The summed E-state index contributed by atoms with van der Waals surface area (Å²) in [6, 6.07) is 4.70. The van der Waals surface area contributed by atoms with Gasteiger partial charge in [-0.3, -0.25) is 9.00 Å². The molecule has 0 aliphatic carbocycles. The molecule has 1 aromatic rings.